The molecule has 0 spiro atoms. The zero-order chi connectivity index (χ0) is 29.4. The van der Waals surface area contributed by atoms with E-state index < -0.39 is 41.9 Å². The van der Waals surface area contributed by atoms with Gasteiger partial charge < -0.3 is 18.3 Å². The lowest BCUT2D eigenvalue weighted by Gasteiger charge is -2.36. The minimum Gasteiger partial charge on any atom is -0.539 e. The minimum atomic E-state index is -2.50. The van der Waals surface area contributed by atoms with E-state index in [1.165, 1.54) is 23.8 Å². The molecule has 214 valence electrons. The Morgan fingerprint density at radius 2 is 1.56 bits per heavy atom. The van der Waals surface area contributed by atoms with Gasteiger partial charge in [0.05, 0.1) is 30.3 Å². The summed E-state index contributed by atoms with van der Waals surface area (Å²) in [6.45, 7) is 15.3. The van der Waals surface area contributed by atoms with Gasteiger partial charge in [-0.1, -0.05) is 44.5 Å². The summed E-state index contributed by atoms with van der Waals surface area (Å²) in [5, 5.41) is 1.20. The molecule has 0 aliphatic heterocycles. The summed E-state index contributed by atoms with van der Waals surface area (Å²) in [6, 6.07) is 8.45. The van der Waals surface area contributed by atoms with E-state index in [0.29, 0.717) is 4.90 Å². The first-order valence-electron chi connectivity index (χ1n) is 13.0. The van der Waals surface area contributed by atoms with Crippen molar-refractivity contribution in [2.75, 3.05) is 13.2 Å². The number of carbonyl (C=O) groups is 2. The lowest BCUT2D eigenvalue weighted by Crippen LogP contribution is -2.46. The average Bonchev–Trinajstić information content (AvgIpc) is 2.85. The highest BCUT2D eigenvalue weighted by Crippen LogP contribution is 2.39. The van der Waals surface area contributed by atoms with Gasteiger partial charge >= 0.3 is 11.9 Å². The highest BCUT2D eigenvalue weighted by molar-refractivity contribution is 7.88. The zero-order valence-corrected chi connectivity index (χ0v) is 25.9. The van der Waals surface area contributed by atoms with Crippen LogP contribution in [0.4, 0.5) is 0 Å². The SMILES string of the molecule is CCOC(=O)C(C/C=C/S(=O)c1ccc(C)cc1)(Cc1occc(=O)c1O[Si](C)(C)C(C)(C)C)C(=O)OCC. The molecule has 2 aromatic rings. The maximum Gasteiger partial charge on any atom is 0.324 e. The summed E-state index contributed by atoms with van der Waals surface area (Å²) in [5.74, 6) is -1.66. The van der Waals surface area contributed by atoms with Crippen LogP contribution < -0.4 is 9.85 Å². The first kappa shape index (κ1) is 32.2. The molecule has 0 aliphatic carbocycles. The van der Waals surface area contributed by atoms with E-state index in [1.54, 1.807) is 26.0 Å². The van der Waals surface area contributed by atoms with Crippen LogP contribution in [0.5, 0.6) is 5.75 Å². The molecule has 1 heterocycles. The highest BCUT2D eigenvalue weighted by Gasteiger charge is 2.50. The number of rotatable bonds is 12. The molecule has 0 radical (unpaired) electrons. The van der Waals surface area contributed by atoms with E-state index in [4.69, 9.17) is 18.3 Å². The molecule has 39 heavy (non-hydrogen) atoms. The second-order valence-corrected chi connectivity index (χ2v) is 16.8. The summed E-state index contributed by atoms with van der Waals surface area (Å²) in [5.41, 5.74) is -1.29. The largest absolute Gasteiger partial charge is 0.539 e. The maximum atomic E-state index is 13.4. The van der Waals surface area contributed by atoms with Crippen LogP contribution in [0.15, 0.2) is 62.2 Å². The van der Waals surface area contributed by atoms with E-state index in [-0.39, 0.29) is 42.6 Å². The van der Waals surface area contributed by atoms with E-state index >= 15 is 0 Å². The quantitative estimate of drug-likeness (QED) is 0.180. The molecular formula is C29H40O8SSi. The van der Waals surface area contributed by atoms with Gasteiger partial charge in [-0.3, -0.25) is 14.4 Å². The predicted octanol–water partition coefficient (Wildman–Crippen LogP) is 5.70. The fourth-order valence-electron chi connectivity index (χ4n) is 3.45. The Labute approximate surface area is 234 Å². The van der Waals surface area contributed by atoms with Gasteiger partial charge in [-0.05, 0) is 57.5 Å². The van der Waals surface area contributed by atoms with E-state index in [2.05, 4.69) is 0 Å². The third-order valence-electron chi connectivity index (χ3n) is 6.80. The van der Waals surface area contributed by atoms with Crippen molar-refractivity contribution in [2.45, 2.75) is 77.4 Å². The number of hydrogen-bond donors (Lipinski definition) is 0. The number of benzene rings is 1. The first-order valence-corrected chi connectivity index (χ1v) is 17.1. The van der Waals surface area contributed by atoms with Crippen molar-refractivity contribution in [3.63, 3.8) is 0 Å². The summed E-state index contributed by atoms with van der Waals surface area (Å²) >= 11 is 0. The second-order valence-electron chi connectivity index (χ2n) is 10.8. The molecule has 0 fully saturated rings. The molecule has 1 aromatic heterocycles. The third-order valence-corrected chi connectivity index (χ3v) is 12.3. The van der Waals surface area contributed by atoms with Gasteiger partial charge in [0, 0.05) is 22.8 Å². The molecule has 2 rings (SSSR count). The Balaban J connectivity index is 2.59. The van der Waals surface area contributed by atoms with E-state index in [1.807, 2.05) is 52.9 Å². The molecule has 1 aromatic carbocycles. The van der Waals surface area contributed by atoms with Crippen molar-refractivity contribution in [3.8, 4) is 5.75 Å². The van der Waals surface area contributed by atoms with Crippen molar-refractivity contribution in [3.05, 3.63) is 69.6 Å². The summed E-state index contributed by atoms with van der Waals surface area (Å²) in [6.07, 6.45) is 2.17. The predicted molar refractivity (Wildman–Crippen MR) is 154 cm³/mol. The van der Waals surface area contributed by atoms with Crippen LogP contribution >= 0.6 is 0 Å². The summed E-state index contributed by atoms with van der Waals surface area (Å²) in [7, 11) is -4.01. The minimum absolute atomic E-state index is 0.0189. The van der Waals surface area contributed by atoms with Crippen LogP contribution in [0.3, 0.4) is 0 Å². The normalized spacial score (nSPS) is 13.2. The van der Waals surface area contributed by atoms with Gasteiger partial charge in [0.25, 0.3) is 8.32 Å². The summed E-state index contributed by atoms with van der Waals surface area (Å²) < 4.78 is 35.6. The van der Waals surface area contributed by atoms with Gasteiger partial charge in [-0.2, -0.15) is 0 Å². The molecule has 10 heteroatoms. The topological polar surface area (TPSA) is 109 Å². The van der Waals surface area contributed by atoms with Crippen LogP contribution in [0.1, 0.15) is 52.4 Å². The Kier molecular flexibility index (Phi) is 11.1. The average molecular weight is 577 g/mol. The van der Waals surface area contributed by atoms with Crippen molar-refractivity contribution < 1.29 is 32.1 Å². The summed E-state index contributed by atoms with van der Waals surface area (Å²) in [4.78, 5) is 40.4. The first-order chi connectivity index (χ1) is 18.2. The van der Waals surface area contributed by atoms with Gasteiger partial charge in [-0.25, -0.2) is 4.21 Å². The number of esters is 2. The second kappa shape index (κ2) is 13.4. The van der Waals surface area contributed by atoms with Crippen LogP contribution in [0, 0.1) is 12.3 Å². The van der Waals surface area contributed by atoms with E-state index in [0.717, 1.165) is 5.56 Å². The van der Waals surface area contributed by atoms with Crippen LogP contribution in [0.2, 0.25) is 18.1 Å². The molecule has 0 saturated heterocycles. The van der Waals surface area contributed by atoms with E-state index in [9.17, 15) is 18.6 Å². The van der Waals surface area contributed by atoms with Crippen LogP contribution in [-0.4, -0.2) is 37.7 Å². The molecule has 0 amide bonds. The molecule has 0 aliphatic rings. The lowest BCUT2D eigenvalue weighted by atomic mass is 9.79. The highest BCUT2D eigenvalue weighted by atomic mass is 32.2. The molecular weight excluding hydrogens is 536 g/mol. The zero-order valence-electron chi connectivity index (χ0n) is 24.1. The Morgan fingerprint density at radius 3 is 2.08 bits per heavy atom. The molecule has 1 atom stereocenters. The molecule has 0 N–H and O–H groups in total. The fraction of sp³-hybridized carbons (Fsp3) is 0.483. The van der Waals surface area contributed by atoms with Gasteiger partial charge in [-0.15, -0.1) is 0 Å². The molecule has 0 saturated carbocycles. The van der Waals surface area contributed by atoms with Crippen molar-refractivity contribution in [1.29, 1.82) is 0 Å². The lowest BCUT2D eigenvalue weighted by molar-refractivity contribution is -0.172. The maximum absolute atomic E-state index is 13.4. The Hall–Kier alpha value is -2.98. The third kappa shape index (κ3) is 8.01. The number of hydrogen-bond acceptors (Lipinski definition) is 8. The van der Waals surface area contributed by atoms with Gasteiger partial charge in [0.15, 0.2) is 11.2 Å². The number of ether oxygens (including phenoxy) is 2. The van der Waals surface area contributed by atoms with Crippen LogP contribution in [0.25, 0.3) is 0 Å². The molecule has 8 nitrogen and oxygen atoms in total. The van der Waals surface area contributed by atoms with Gasteiger partial charge in [0.1, 0.15) is 5.76 Å². The molecule has 0 bridgehead atoms. The fourth-order valence-corrected chi connectivity index (χ4v) is 5.31. The Morgan fingerprint density at radius 1 is 1.00 bits per heavy atom. The van der Waals surface area contributed by atoms with Crippen molar-refractivity contribution >= 4 is 31.1 Å². The van der Waals surface area contributed by atoms with Crippen molar-refractivity contribution in [2.24, 2.45) is 5.41 Å². The van der Waals surface area contributed by atoms with Crippen LogP contribution in [-0.2, 0) is 36.3 Å². The number of allylic oxidation sites excluding steroid dienone is 1. The Bertz CT molecular complexity index is 1240. The molecule has 1 unspecified atom stereocenters. The van der Waals surface area contributed by atoms with Gasteiger partial charge in [0.2, 0.25) is 5.43 Å². The van der Waals surface area contributed by atoms with Crippen molar-refractivity contribution in [1.82, 2.24) is 0 Å². The number of carbonyl (C=O) groups excluding carboxylic acids is 2. The smallest absolute Gasteiger partial charge is 0.324 e. The monoisotopic (exact) mass is 576 g/mol. The number of aryl methyl sites for hydroxylation is 1. The standard InChI is InChI=1S/C29H40O8SSi/c1-9-34-26(31)29(27(32)35-10-2,17-11-19-38(33)22-14-12-21(3)13-15-22)20-24-25(23(30)16-18-36-24)37-39(7,8)28(4,5)6/h11-16,18-19H,9-10,17,20H2,1-8H3/b19-11+.